The summed E-state index contributed by atoms with van der Waals surface area (Å²) in [5.74, 6) is 0.0779. The second-order valence-electron chi connectivity index (χ2n) is 4.26. The van der Waals surface area contributed by atoms with Crippen molar-refractivity contribution in [2.75, 3.05) is 5.75 Å². The van der Waals surface area contributed by atoms with E-state index in [9.17, 15) is 13.5 Å². The molecule has 1 N–H and O–H groups in total. The fourth-order valence-corrected chi connectivity index (χ4v) is 3.65. The summed E-state index contributed by atoms with van der Waals surface area (Å²) in [5, 5.41) is 10.4. The lowest BCUT2D eigenvalue weighted by molar-refractivity contribution is 0.0817. The Morgan fingerprint density at radius 2 is 2.00 bits per heavy atom. The second-order valence-corrected chi connectivity index (χ2v) is 7.69. The van der Waals surface area contributed by atoms with Gasteiger partial charge in [0.2, 0.25) is 0 Å². The summed E-state index contributed by atoms with van der Waals surface area (Å²) in [6.45, 7) is 6.75. The van der Waals surface area contributed by atoms with Gasteiger partial charge in [0.05, 0.1) is 16.2 Å². The molecule has 0 aliphatic rings. The number of nitrogens with zero attached hydrogens (tertiary/aromatic N) is 1. The maximum absolute atomic E-state index is 11.4. The van der Waals surface area contributed by atoms with Gasteiger partial charge in [0.1, 0.15) is 10.8 Å². The number of aliphatic hydroxyl groups is 1. The molecule has 4 nitrogen and oxygen atoms in total. The van der Waals surface area contributed by atoms with Crippen LogP contribution >= 0.6 is 11.3 Å². The Labute approximate surface area is 100 Å². The van der Waals surface area contributed by atoms with Crippen LogP contribution in [0.1, 0.15) is 36.3 Å². The van der Waals surface area contributed by atoms with E-state index in [2.05, 4.69) is 4.98 Å². The quantitative estimate of drug-likeness (QED) is 0.896. The van der Waals surface area contributed by atoms with Crippen molar-refractivity contribution in [1.82, 2.24) is 4.98 Å². The van der Waals surface area contributed by atoms with E-state index in [1.54, 1.807) is 27.7 Å². The largest absolute Gasteiger partial charge is 0.385 e. The zero-order valence-corrected chi connectivity index (χ0v) is 11.6. The highest BCUT2D eigenvalue weighted by Crippen LogP contribution is 2.30. The molecule has 92 valence electrons. The van der Waals surface area contributed by atoms with Crippen LogP contribution in [0, 0.1) is 6.92 Å². The minimum Gasteiger partial charge on any atom is -0.385 e. The van der Waals surface area contributed by atoms with E-state index in [1.807, 2.05) is 0 Å². The van der Waals surface area contributed by atoms with Gasteiger partial charge in [0.25, 0.3) is 0 Å². The van der Waals surface area contributed by atoms with Crippen molar-refractivity contribution < 1.29 is 13.5 Å². The molecule has 0 aliphatic heterocycles. The number of aryl methyl sites for hydroxylation is 1. The molecule has 0 amide bonds. The van der Waals surface area contributed by atoms with E-state index in [0.29, 0.717) is 10.7 Å². The lowest BCUT2D eigenvalue weighted by atomic mass is 10.1. The van der Waals surface area contributed by atoms with Crippen molar-refractivity contribution in [1.29, 1.82) is 0 Å². The minimum absolute atomic E-state index is 0.0366. The highest BCUT2D eigenvalue weighted by Gasteiger charge is 2.24. The molecule has 1 aromatic rings. The third-order valence-electron chi connectivity index (χ3n) is 2.18. The number of aromatic nitrogens is 1. The van der Waals surface area contributed by atoms with Gasteiger partial charge in [-0.2, -0.15) is 0 Å². The van der Waals surface area contributed by atoms with Crippen LogP contribution in [0.15, 0.2) is 0 Å². The average Bonchev–Trinajstić information content (AvgIpc) is 2.45. The van der Waals surface area contributed by atoms with Gasteiger partial charge in [-0.05, 0) is 20.8 Å². The zero-order chi connectivity index (χ0) is 12.6. The van der Waals surface area contributed by atoms with E-state index < -0.39 is 15.4 Å². The smallest absolute Gasteiger partial charge is 0.156 e. The van der Waals surface area contributed by atoms with Crippen molar-refractivity contribution in [2.24, 2.45) is 0 Å². The normalized spacial score (nSPS) is 13.1. The molecule has 0 bridgehead atoms. The van der Waals surface area contributed by atoms with E-state index >= 15 is 0 Å². The van der Waals surface area contributed by atoms with Crippen molar-refractivity contribution in [3.05, 3.63) is 15.6 Å². The Bertz CT molecular complexity index is 469. The summed E-state index contributed by atoms with van der Waals surface area (Å²) in [5.41, 5.74) is -0.255. The Balaban J connectivity index is 3.03. The topological polar surface area (TPSA) is 67.3 Å². The van der Waals surface area contributed by atoms with Crippen LogP contribution in [-0.2, 0) is 21.2 Å². The van der Waals surface area contributed by atoms with Gasteiger partial charge in [-0.15, -0.1) is 11.3 Å². The van der Waals surface area contributed by atoms with Crippen LogP contribution in [-0.4, -0.2) is 24.3 Å². The zero-order valence-electron chi connectivity index (χ0n) is 9.94. The second kappa shape index (κ2) is 4.43. The Morgan fingerprint density at radius 3 is 2.38 bits per heavy atom. The fourth-order valence-electron chi connectivity index (χ4n) is 1.37. The fraction of sp³-hybridized carbons (Fsp3) is 0.700. The van der Waals surface area contributed by atoms with Gasteiger partial charge in [0.15, 0.2) is 9.84 Å². The van der Waals surface area contributed by atoms with Crippen molar-refractivity contribution in [3.63, 3.8) is 0 Å². The van der Waals surface area contributed by atoms with Gasteiger partial charge >= 0.3 is 0 Å². The van der Waals surface area contributed by atoms with Crippen molar-refractivity contribution >= 4 is 21.2 Å². The maximum atomic E-state index is 11.4. The molecule has 0 aliphatic carbocycles. The molecule has 0 saturated carbocycles. The third-order valence-corrected chi connectivity index (χ3v) is 5.43. The molecule has 0 radical (unpaired) electrons. The standard InChI is InChI=1S/C10H17NO3S2/c1-5-16(13,14)6-8-11-7(2)9(15-8)10(3,4)12/h12H,5-6H2,1-4H3. The van der Waals surface area contributed by atoms with E-state index in [1.165, 1.54) is 11.3 Å². The monoisotopic (exact) mass is 263 g/mol. The summed E-state index contributed by atoms with van der Waals surface area (Å²) < 4.78 is 22.9. The summed E-state index contributed by atoms with van der Waals surface area (Å²) >= 11 is 1.27. The maximum Gasteiger partial charge on any atom is 0.156 e. The van der Waals surface area contributed by atoms with Gasteiger partial charge in [-0.25, -0.2) is 13.4 Å². The first-order chi connectivity index (χ1) is 7.15. The average molecular weight is 263 g/mol. The van der Waals surface area contributed by atoms with Gasteiger partial charge < -0.3 is 5.11 Å². The molecule has 1 aromatic heterocycles. The molecule has 6 heteroatoms. The first-order valence-electron chi connectivity index (χ1n) is 5.05. The molecule has 1 rings (SSSR count). The molecule has 1 heterocycles. The lowest BCUT2D eigenvalue weighted by Gasteiger charge is -2.14. The molecule has 0 unspecified atom stereocenters. The minimum atomic E-state index is -3.06. The first-order valence-corrected chi connectivity index (χ1v) is 7.69. The highest BCUT2D eigenvalue weighted by atomic mass is 32.2. The Morgan fingerprint density at radius 1 is 1.44 bits per heavy atom. The summed E-state index contributed by atoms with van der Waals surface area (Å²) in [6.07, 6.45) is 0. The molecule has 16 heavy (non-hydrogen) atoms. The van der Waals surface area contributed by atoms with Gasteiger partial charge in [-0.1, -0.05) is 6.92 Å². The molecular weight excluding hydrogens is 246 g/mol. The Hall–Kier alpha value is -0.460. The van der Waals surface area contributed by atoms with Gasteiger partial charge in [-0.3, -0.25) is 0 Å². The number of rotatable bonds is 4. The SMILES string of the molecule is CCS(=O)(=O)Cc1nc(C)c(C(C)(C)O)s1. The number of thiazole rings is 1. The van der Waals surface area contributed by atoms with E-state index in [-0.39, 0.29) is 11.5 Å². The van der Waals surface area contributed by atoms with Gasteiger partial charge in [0, 0.05) is 5.75 Å². The number of hydrogen-bond donors (Lipinski definition) is 1. The van der Waals surface area contributed by atoms with E-state index in [0.717, 1.165) is 4.88 Å². The predicted octanol–water partition coefficient (Wildman–Crippen LogP) is 1.61. The van der Waals surface area contributed by atoms with Crippen LogP contribution in [0.3, 0.4) is 0 Å². The first kappa shape index (κ1) is 13.6. The molecule has 0 fully saturated rings. The summed E-state index contributed by atoms with van der Waals surface area (Å²) in [7, 11) is -3.06. The predicted molar refractivity (Wildman–Crippen MR) is 65.3 cm³/mol. The van der Waals surface area contributed by atoms with Crippen molar-refractivity contribution in [2.45, 2.75) is 39.0 Å². The van der Waals surface area contributed by atoms with Crippen LogP contribution in [0.25, 0.3) is 0 Å². The molecule has 0 aromatic carbocycles. The molecular formula is C10H17NO3S2. The number of hydrogen-bond acceptors (Lipinski definition) is 5. The highest BCUT2D eigenvalue weighted by molar-refractivity contribution is 7.90. The van der Waals surface area contributed by atoms with Crippen LogP contribution < -0.4 is 0 Å². The Kier molecular flexibility index (Phi) is 3.76. The lowest BCUT2D eigenvalue weighted by Crippen LogP contribution is -2.14. The number of sulfone groups is 1. The van der Waals surface area contributed by atoms with Crippen molar-refractivity contribution in [3.8, 4) is 0 Å². The third kappa shape index (κ3) is 3.26. The molecule has 0 atom stereocenters. The summed E-state index contributed by atoms with van der Waals surface area (Å²) in [4.78, 5) is 4.92. The van der Waals surface area contributed by atoms with Crippen LogP contribution in [0.4, 0.5) is 0 Å². The molecule has 0 saturated heterocycles. The van der Waals surface area contributed by atoms with Crippen LogP contribution in [0.2, 0.25) is 0 Å². The summed E-state index contributed by atoms with van der Waals surface area (Å²) in [6, 6.07) is 0. The van der Waals surface area contributed by atoms with Crippen LogP contribution in [0.5, 0.6) is 0 Å². The molecule has 0 spiro atoms. The van der Waals surface area contributed by atoms with E-state index in [4.69, 9.17) is 0 Å².